The summed E-state index contributed by atoms with van der Waals surface area (Å²) in [6, 6.07) is 14.5. The van der Waals surface area contributed by atoms with Crippen molar-refractivity contribution >= 4 is 31.7 Å². The van der Waals surface area contributed by atoms with Gasteiger partial charge in [0.2, 0.25) is 5.91 Å². The van der Waals surface area contributed by atoms with Gasteiger partial charge >= 0.3 is 0 Å². The molecular weight excluding hydrogens is 454 g/mol. The summed E-state index contributed by atoms with van der Waals surface area (Å²) in [7, 11) is -3.21. The zero-order valence-electron chi connectivity index (χ0n) is 16.4. The van der Waals surface area contributed by atoms with Crippen LogP contribution >= 0.6 is 15.9 Å². The number of carbonyl (C=O) groups excluding carboxylic acids is 1. The van der Waals surface area contributed by atoms with E-state index in [0.29, 0.717) is 31.1 Å². The first kappa shape index (κ1) is 21.8. The second-order valence-corrected chi connectivity index (χ2v) is 10.4. The molecule has 1 saturated carbocycles. The van der Waals surface area contributed by atoms with Crippen molar-refractivity contribution in [3.8, 4) is 5.75 Å². The van der Waals surface area contributed by atoms with Crippen LogP contribution in [0.15, 0.2) is 57.9 Å². The lowest BCUT2D eigenvalue weighted by molar-refractivity contribution is -0.122. The van der Waals surface area contributed by atoms with Gasteiger partial charge in [0, 0.05) is 17.1 Å². The summed E-state index contributed by atoms with van der Waals surface area (Å²) in [5.74, 6) is 1.13. The van der Waals surface area contributed by atoms with Crippen molar-refractivity contribution < 1.29 is 17.9 Å². The third-order valence-electron chi connectivity index (χ3n) is 5.24. The Bertz CT molecular complexity index is 922. The molecule has 1 unspecified atom stereocenters. The van der Waals surface area contributed by atoms with Gasteiger partial charge in [-0.15, -0.1) is 0 Å². The lowest BCUT2D eigenvalue weighted by Crippen LogP contribution is -2.36. The van der Waals surface area contributed by atoms with Crippen molar-refractivity contribution in [2.24, 2.45) is 5.92 Å². The van der Waals surface area contributed by atoms with E-state index in [4.69, 9.17) is 4.74 Å². The van der Waals surface area contributed by atoms with Gasteiger partial charge in [0.1, 0.15) is 5.75 Å². The van der Waals surface area contributed by atoms with Crippen LogP contribution < -0.4 is 10.1 Å². The van der Waals surface area contributed by atoms with Gasteiger partial charge in [-0.2, -0.15) is 0 Å². The van der Waals surface area contributed by atoms with E-state index in [-0.39, 0.29) is 16.8 Å². The molecule has 5 nitrogen and oxygen atoms in total. The van der Waals surface area contributed by atoms with E-state index < -0.39 is 9.84 Å². The van der Waals surface area contributed by atoms with Crippen LogP contribution in [0.25, 0.3) is 0 Å². The molecule has 1 aliphatic carbocycles. The molecule has 3 rings (SSSR count). The minimum atomic E-state index is -3.21. The van der Waals surface area contributed by atoms with Crippen molar-refractivity contribution in [3.63, 3.8) is 0 Å². The number of hydrogen-bond donors (Lipinski definition) is 1. The minimum Gasteiger partial charge on any atom is -0.494 e. The molecule has 1 atom stereocenters. The van der Waals surface area contributed by atoms with Crippen molar-refractivity contribution in [1.82, 2.24) is 5.32 Å². The van der Waals surface area contributed by atoms with E-state index in [0.717, 1.165) is 22.9 Å². The molecule has 1 N–H and O–H groups in total. The monoisotopic (exact) mass is 479 g/mol. The van der Waals surface area contributed by atoms with Crippen LogP contribution in [0.1, 0.15) is 43.7 Å². The number of ether oxygens (including phenoxy) is 1. The molecule has 1 amide bonds. The molecule has 7 heteroatoms. The molecule has 156 valence electrons. The van der Waals surface area contributed by atoms with Crippen LogP contribution in [0, 0.1) is 5.92 Å². The van der Waals surface area contributed by atoms with Crippen molar-refractivity contribution in [3.05, 3.63) is 58.6 Å². The van der Waals surface area contributed by atoms with Crippen LogP contribution in [0.3, 0.4) is 0 Å². The van der Waals surface area contributed by atoms with Gasteiger partial charge in [-0.1, -0.05) is 34.5 Å². The van der Waals surface area contributed by atoms with Crippen LogP contribution in [-0.4, -0.2) is 27.2 Å². The molecule has 0 bridgehead atoms. The normalized spacial score (nSPS) is 15.4. The van der Waals surface area contributed by atoms with Crippen LogP contribution in [0.2, 0.25) is 0 Å². The summed E-state index contributed by atoms with van der Waals surface area (Å²) in [6.45, 7) is 0.401. The van der Waals surface area contributed by atoms with Crippen molar-refractivity contribution in [1.29, 1.82) is 0 Å². The first-order valence-electron chi connectivity index (χ1n) is 9.81. The molecule has 1 aliphatic rings. The summed E-state index contributed by atoms with van der Waals surface area (Å²) >= 11 is 3.46. The Labute approximate surface area is 180 Å². The van der Waals surface area contributed by atoms with Gasteiger partial charge in [-0.05, 0) is 67.1 Å². The Kier molecular flexibility index (Phi) is 7.35. The predicted molar refractivity (Wildman–Crippen MR) is 117 cm³/mol. The molecule has 29 heavy (non-hydrogen) atoms. The van der Waals surface area contributed by atoms with Gasteiger partial charge < -0.3 is 10.1 Å². The molecule has 2 aromatic carbocycles. The van der Waals surface area contributed by atoms with Gasteiger partial charge in [0.05, 0.1) is 17.5 Å². The average molecular weight is 480 g/mol. The summed E-state index contributed by atoms with van der Waals surface area (Å²) in [6.07, 6.45) is 5.67. The van der Waals surface area contributed by atoms with E-state index in [1.165, 1.54) is 24.8 Å². The van der Waals surface area contributed by atoms with E-state index in [1.807, 2.05) is 12.1 Å². The first-order valence-corrected chi connectivity index (χ1v) is 12.5. The second-order valence-electron chi connectivity index (χ2n) is 7.48. The molecule has 0 aromatic heterocycles. The Morgan fingerprint density at radius 2 is 1.79 bits per heavy atom. The topological polar surface area (TPSA) is 72.5 Å². The SMILES string of the molecule is CS(=O)(=O)c1ccc(OCCCC(=O)NC(c2ccc(Br)cc2)C2CCC2)cc1. The summed E-state index contributed by atoms with van der Waals surface area (Å²) < 4.78 is 29.6. The zero-order valence-corrected chi connectivity index (χ0v) is 18.8. The Hall–Kier alpha value is -1.86. The van der Waals surface area contributed by atoms with E-state index in [9.17, 15) is 13.2 Å². The molecule has 0 heterocycles. The number of halogens is 1. The highest BCUT2D eigenvalue weighted by atomic mass is 79.9. The fourth-order valence-corrected chi connectivity index (χ4v) is 4.26. The smallest absolute Gasteiger partial charge is 0.220 e. The number of amides is 1. The Morgan fingerprint density at radius 1 is 1.14 bits per heavy atom. The molecule has 1 fully saturated rings. The molecular formula is C22H26BrNO4S. The largest absolute Gasteiger partial charge is 0.494 e. The lowest BCUT2D eigenvalue weighted by atomic mass is 9.77. The Balaban J connectivity index is 1.46. The number of carbonyl (C=O) groups is 1. The van der Waals surface area contributed by atoms with Gasteiger partial charge in [-0.3, -0.25) is 4.79 Å². The highest BCUT2D eigenvalue weighted by Crippen LogP contribution is 2.38. The summed E-state index contributed by atoms with van der Waals surface area (Å²) in [5, 5.41) is 3.20. The lowest BCUT2D eigenvalue weighted by Gasteiger charge is -2.34. The molecule has 2 aromatic rings. The number of nitrogens with one attached hydrogen (secondary N) is 1. The van der Waals surface area contributed by atoms with Gasteiger partial charge in [0.25, 0.3) is 0 Å². The Morgan fingerprint density at radius 3 is 2.34 bits per heavy atom. The third-order valence-corrected chi connectivity index (χ3v) is 6.89. The fraction of sp³-hybridized carbons (Fsp3) is 0.409. The molecule has 0 saturated heterocycles. The van der Waals surface area contributed by atoms with Gasteiger partial charge in [0.15, 0.2) is 9.84 Å². The van der Waals surface area contributed by atoms with Crippen molar-refractivity contribution in [2.75, 3.05) is 12.9 Å². The third kappa shape index (κ3) is 6.31. The minimum absolute atomic E-state index is 0.0286. The van der Waals surface area contributed by atoms with Crippen LogP contribution in [0.5, 0.6) is 5.75 Å². The molecule has 0 radical (unpaired) electrons. The van der Waals surface area contributed by atoms with E-state index in [2.05, 4.69) is 33.4 Å². The number of hydrogen-bond acceptors (Lipinski definition) is 4. The molecule has 0 aliphatic heterocycles. The first-order chi connectivity index (χ1) is 13.8. The number of sulfone groups is 1. The van der Waals surface area contributed by atoms with Crippen molar-refractivity contribution in [2.45, 2.75) is 43.0 Å². The maximum atomic E-state index is 12.5. The van der Waals surface area contributed by atoms with E-state index >= 15 is 0 Å². The maximum absolute atomic E-state index is 12.5. The summed E-state index contributed by atoms with van der Waals surface area (Å²) in [4.78, 5) is 12.7. The standard InChI is InChI=1S/C22H26BrNO4S/c1-29(26,27)20-13-11-19(12-14-20)28-15-3-6-21(25)24-22(16-4-2-5-16)17-7-9-18(23)10-8-17/h7-14,16,22H,2-6,15H2,1H3,(H,24,25). The quantitative estimate of drug-likeness (QED) is 0.530. The van der Waals surface area contributed by atoms with E-state index in [1.54, 1.807) is 12.1 Å². The number of rotatable bonds is 9. The van der Waals surface area contributed by atoms with Crippen LogP contribution in [0.4, 0.5) is 0 Å². The molecule has 0 spiro atoms. The predicted octanol–water partition coefficient (Wildman–Crippen LogP) is 4.67. The van der Waals surface area contributed by atoms with Gasteiger partial charge in [-0.25, -0.2) is 8.42 Å². The number of benzene rings is 2. The van der Waals surface area contributed by atoms with Crippen LogP contribution in [-0.2, 0) is 14.6 Å². The highest BCUT2D eigenvalue weighted by molar-refractivity contribution is 9.10. The average Bonchev–Trinajstić information content (AvgIpc) is 2.64. The second kappa shape index (κ2) is 9.76. The fourth-order valence-electron chi connectivity index (χ4n) is 3.37. The maximum Gasteiger partial charge on any atom is 0.220 e. The summed E-state index contributed by atoms with van der Waals surface area (Å²) in [5.41, 5.74) is 1.15. The zero-order chi connectivity index (χ0) is 20.9. The highest BCUT2D eigenvalue weighted by Gasteiger charge is 2.29.